The number of aromatic nitrogens is 1. The molecule has 1 fully saturated rings. The van der Waals surface area contributed by atoms with Gasteiger partial charge in [-0.2, -0.15) is 4.73 Å². The first-order chi connectivity index (χ1) is 8.15. The first kappa shape index (κ1) is 12.2. The van der Waals surface area contributed by atoms with E-state index < -0.39 is 17.6 Å². The maximum absolute atomic E-state index is 11.0. The second-order valence-corrected chi connectivity index (χ2v) is 4.34. The summed E-state index contributed by atoms with van der Waals surface area (Å²) in [6.07, 6.45) is 2.01. The van der Waals surface area contributed by atoms with Gasteiger partial charge >= 0.3 is 0 Å². The average Bonchev–Trinajstić information content (AvgIpc) is 2.13. The molecular weight excluding hydrogens is 246 g/mol. The molecule has 1 aliphatic rings. The first-order valence-corrected chi connectivity index (χ1v) is 6.07. The Morgan fingerprint density at radius 1 is 1.65 bits per heavy atom. The van der Waals surface area contributed by atoms with Crippen molar-refractivity contribution in [2.24, 2.45) is 5.92 Å². The number of hydrogen-bond acceptors (Lipinski definition) is 6. The van der Waals surface area contributed by atoms with Crippen molar-refractivity contribution in [3.05, 3.63) is 29.7 Å². The quantitative estimate of drug-likeness (QED) is 0.307. The first-order valence-electron chi connectivity index (χ1n) is 5.07. The van der Waals surface area contributed by atoms with Crippen LogP contribution in [0.2, 0.25) is 0 Å². The molecule has 1 aliphatic heterocycles. The summed E-state index contributed by atoms with van der Waals surface area (Å²) < 4.78 is 26.5. The number of nitrogens with one attached hydrogen (secondary N) is 2. The van der Waals surface area contributed by atoms with Gasteiger partial charge in [0.1, 0.15) is 11.9 Å². The van der Waals surface area contributed by atoms with Crippen molar-refractivity contribution in [3.8, 4) is 0 Å². The van der Waals surface area contributed by atoms with Gasteiger partial charge in [0.2, 0.25) is 6.20 Å². The van der Waals surface area contributed by atoms with E-state index in [9.17, 15) is 14.0 Å². The van der Waals surface area contributed by atoms with E-state index in [0.29, 0.717) is 23.5 Å². The van der Waals surface area contributed by atoms with Crippen LogP contribution < -0.4 is 15.4 Å². The van der Waals surface area contributed by atoms with Crippen LogP contribution in [0.15, 0.2) is 24.5 Å². The Morgan fingerprint density at radius 2 is 2.41 bits per heavy atom. The van der Waals surface area contributed by atoms with Gasteiger partial charge in [-0.05, 0) is 6.07 Å². The molecule has 0 spiro atoms. The SMILES string of the molecule is O=S([O-])OC(Nc1ccc[n+]([O-])c1)C1CNC1. The maximum atomic E-state index is 11.0. The lowest BCUT2D eigenvalue weighted by Crippen LogP contribution is -2.52. The van der Waals surface area contributed by atoms with Gasteiger partial charge in [0.25, 0.3) is 0 Å². The zero-order valence-electron chi connectivity index (χ0n) is 8.87. The summed E-state index contributed by atoms with van der Waals surface area (Å²) in [5.41, 5.74) is 0.518. The van der Waals surface area contributed by atoms with Crippen molar-refractivity contribution in [3.63, 3.8) is 0 Å². The summed E-state index contributed by atoms with van der Waals surface area (Å²) in [7, 11) is 0. The fourth-order valence-corrected chi connectivity index (χ4v) is 1.91. The molecule has 2 N–H and O–H groups in total. The summed E-state index contributed by atoms with van der Waals surface area (Å²) in [5, 5.41) is 17.0. The van der Waals surface area contributed by atoms with Crippen LogP contribution in [0.1, 0.15) is 0 Å². The number of pyridine rings is 1. The molecule has 7 nitrogen and oxygen atoms in total. The van der Waals surface area contributed by atoms with E-state index in [-0.39, 0.29) is 5.92 Å². The van der Waals surface area contributed by atoms with Gasteiger partial charge in [-0.25, -0.2) is 4.21 Å². The third-order valence-corrected chi connectivity index (χ3v) is 2.87. The molecule has 2 atom stereocenters. The fraction of sp³-hybridized carbons (Fsp3) is 0.444. The molecule has 2 rings (SSSR count). The van der Waals surface area contributed by atoms with E-state index in [4.69, 9.17) is 4.18 Å². The minimum Gasteiger partial charge on any atom is -0.750 e. The molecule has 17 heavy (non-hydrogen) atoms. The monoisotopic (exact) mass is 258 g/mol. The average molecular weight is 258 g/mol. The van der Waals surface area contributed by atoms with Gasteiger partial charge in [-0.3, -0.25) is 4.18 Å². The standard InChI is InChI=1S/C9H13N3O4S/c13-12-3-1-2-8(6-12)11-9(16-17(14)15)7-4-10-5-7/h1-3,6-7,9-11H,4-5H2,(H,14,15)/p-1. The molecule has 1 saturated heterocycles. The number of anilines is 1. The van der Waals surface area contributed by atoms with E-state index in [0.717, 1.165) is 0 Å². The molecule has 1 aromatic heterocycles. The summed E-state index contributed by atoms with van der Waals surface area (Å²) >= 11 is -2.59. The third kappa shape index (κ3) is 3.37. The lowest BCUT2D eigenvalue weighted by atomic mass is 10.0. The number of hydrogen-bond donors (Lipinski definition) is 2. The summed E-state index contributed by atoms with van der Waals surface area (Å²) in [4.78, 5) is 0. The number of rotatable bonds is 5. The smallest absolute Gasteiger partial charge is 0.203 e. The highest BCUT2D eigenvalue weighted by Gasteiger charge is 2.28. The predicted molar refractivity (Wildman–Crippen MR) is 59.2 cm³/mol. The predicted octanol–water partition coefficient (Wildman–Crippen LogP) is -0.912. The van der Waals surface area contributed by atoms with Crippen molar-refractivity contribution in [1.29, 1.82) is 0 Å². The zero-order valence-corrected chi connectivity index (χ0v) is 9.68. The van der Waals surface area contributed by atoms with E-state index in [1.807, 2.05) is 0 Å². The fourth-order valence-electron chi connectivity index (χ4n) is 1.53. The van der Waals surface area contributed by atoms with Crippen LogP contribution in [0.5, 0.6) is 0 Å². The Morgan fingerprint density at radius 3 is 2.94 bits per heavy atom. The molecule has 94 valence electrons. The Bertz CT molecular complexity index is 413. The molecule has 0 aliphatic carbocycles. The Kier molecular flexibility index (Phi) is 3.89. The molecule has 0 saturated carbocycles. The minimum atomic E-state index is -2.59. The molecule has 0 amide bonds. The molecule has 2 unspecified atom stereocenters. The topological polar surface area (TPSA) is 100 Å². The van der Waals surface area contributed by atoms with E-state index in [1.54, 1.807) is 12.1 Å². The highest BCUT2D eigenvalue weighted by molar-refractivity contribution is 7.74. The van der Waals surface area contributed by atoms with Crippen molar-refractivity contribution < 1.29 is 17.7 Å². The molecule has 8 heteroatoms. The van der Waals surface area contributed by atoms with Crippen LogP contribution >= 0.6 is 0 Å². The van der Waals surface area contributed by atoms with Gasteiger partial charge < -0.3 is 20.4 Å². The summed E-state index contributed by atoms with van der Waals surface area (Å²) in [6, 6.07) is 3.24. The van der Waals surface area contributed by atoms with Gasteiger partial charge in [0.05, 0.1) is 11.4 Å². The second-order valence-electron chi connectivity index (χ2n) is 3.74. The van der Waals surface area contributed by atoms with E-state index >= 15 is 0 Å². The third-order valence-electron chi connectivity index (χ3n) is 2.51. The molecule has 2 heterocycles. The second kappa shape index (κ2) is 5.41. The van der Waals surface area contributed by atoms with Crippen LogP contribution in [-0.4, -0.2) is 28.1 Å². The van der Waals surface area contributed by atoms with Gasteiger partial charge in [-0.1, -0.05) is 0 Å². The van der Waals surface area contributed by atoms with Crippen molar-refractivity contribution in [2.75, 3.05) is 18.4 Å². The van der Waals surface area contributed by atoms with Gasteiger partial charge in [0.15, 0.2) is 6.20 Å². The van der Waals surface area contributed by atoms with Gasteiger partial charge in [0, 0.05) is 25.1 Å². The highest BCUT2D eigenvalue weighted by Crippen LogP contribution is 2.16. The molecule has 0 aromatic carbocycles. The van der Waals surface area contributed by atoms with Crippen LogP contribution in [0.25, 0.3) is 0 Å². The van der Waals surface area contributed by atoms with Crippen LogP contribution in [0.3, 0.4) is 0 Å². The zero-order chi connectivity index (χ0) is 12.3. The molecule has 0 bridgehead atoms. The van der Waals surface area contributed by atoms with Crippen molar-refractivity contribution in [1.82, 2.24) is 5.32 Å². The summed E-state index contributed by atoms with van der Waals surface area (Å²) in [5.74, 6) is 0.0632. The van der Waals surface area contributed by atoms with Gasteiger partial charge in [-0.15, -0.1) is 0 Å². The maximum Gasteiger partial charge on any atom is 0.203 e. The lowest BCUT2D eigenvalue weighted by Gasteiger charge is -2.35. The van der Waals surface area contributed by atoms with E-state index in [2.05, 4.69) is 10.6 Å². The molecular formula is C9H12N3O4S-. The summed E-state index contributed by atoms with van der Waals surface area (Å²) in [6.45, 7) is 1.36. The normalized spacial score (nSPS) is 19.4. The Balaban J connectivity index is 2.03. The van der Waals surface area contributed by atoms with Crippen LogP contribution in [-0.2, 0) is 15.5 Å². The largest absolute Gasteiger partial charge is 0.750 e. The van der Waals surface area contributed by atoms with Crippen LogP contribution in [0.4, 0.5) is 5.69 Å². The Labute approximate surface area is 101 Å². The van der Waals surface area contributed by atoms with Crippen LogP contribution in [0, 0.1) is 11.1 Å². The lowest BCUT2D eigenvalue weighted by molar-refractivity contribution is -0.604. The van der Waals surface area contributed by atoms with Crippen molar-refractivity contribution >= 4 is 17.0 Å². The molecule has 1 aromatic rings. The Hall–Kier alpha value is -1.22. The van der Waals surface area contributed by atoms with Crippen molar-refractivity contribution in [2.45, 2.75) is 6.23 Å². The molecule has 0 radical (unpaired) electrons. The minimum absolute atomic E-state index is 0.0632. The highest BCUT2D eigenvalue weighted by atomic mass is 32.2. The van der Waals surface area contributed by atoms with E-state index in [1.165, 1.54) is 12.4 Å². The number of nitrogens with zero attached hydrogens (tertiary/aromatic N) is 1.